The Morgan fingerprint density at radius 1 is 1.43 bits per heavy atom. The van der Waals surface area contributed by atoms with Crippen LogP contribution in [0.5, 0.6) is 6.01 Å². The molecule has 2 rings (SSSR count). The van der Waals surface area contributed by atoms with E-state index in [0.717, 1.165) is 6.42 Å². The van der Waals surface area contributed by atoms with Crippen LogP contribution in [-0.2, 0) is 4.74 Å². The van der Waals surface area contributed by atoms with E-state index in [2.05, 4.69) is 25.3 Å². The molecule has 8 heteroatoms. The van der Waals surface area contributed by atoms with Crippen molar-refractivity contribution in [2.24, 2.45) is 5.84 Å². The second-order valence-electron chi connectivity index (χ2n) is 5.80. The second-order valence-corrected chi connectivity index (χ2v) is 5.80. The monoisotopic (exact) mass is 296 g/mol. The van der Waals surface area contributed by atoms with Crippen LogP contribution in [0.1, 0.15) is 34.1 Å². The SMILES string of the molecule is CCCOc1nc(NN)nc(N2CC(C)OC(C)(C)C2)n1. The molecule has 0 aromatic carbocycles. The summed E-state index contributed by atoms with van der Waals surface area (Å²) < 4.78 is 11.4. The fourth-order valence-corrected chi connectivity index (χ4v) is 2.42. The standard InChI is InChI=1S/C13H24N6O2/c1-5-6-20-12-16-10(18-14)15-11(17-12)19-7-9(2)21-13(3,4)8-19/h9H,5-8,14H2,1-4H3,(H,15,16,17,18). The van der Waals surface area contributed by atoms with Crippen molar-refractivity contribution in [3.05, 3.63) is 0 Å². The molecular weight excluding hydrogens is 272 g/mol. The van der Waals surface area contributed by atoms with Crippen molar-refractivity contribution < 1.29 is 9.47 Å². The lowest BCUT2D eigenvalue weighted by molar-refractivity contribution is -0.0754. The van der Waals surface area contributed by atoms with Crippen molar-refractivity contribution in [3.8, 4) is 6.01 Å². The Morgan fingerprint density at radius 2 is 2.19 bits per heavy atom. The summed E-state index contributed by atoms with van der Waals surface area (Å²) in [5.41, 5.74) is 2.20. The number of hydrogen-bond acceptors (Lipinski definition) is 8. The Labute approximate surface area is 125 Å². The lowest BCUT2D eigenvalue weighted by atomic mass is 10.1. The molecule has 1 aliphatic rings. The van der Waals surface area contributed by atoms with Crippen LogP contribution in [0.2, 0.25) is 0 Å². The molecule has 21 heavy (non-hydrogen) atoms. The summed E-state index contributed by atoms with van der Waals surface area (Å²) in [6.45, 7) is 10.1. The zero-order chi connectivity index (χ0) is 15.5. The number of aromatic nitrogens is 3. The number of morpholine rings is 1. The molecule has 0 saturated carbocycles. The van der Waals surface area contributed by atoms with Gasteiger partial charge in [-0.25, -0.2) is 5.84 Å². The van der Waals surface area contributed by atoms with Crippen LogP contribution < -0.4 is 20.9 Å². The van der Waals surface area contributed by atoms with E-state index in [1.165, 1.54) is 0 Å². The number of hydrazine groups is 1. The highest BCUT2D eigenvalue weighted by Crippen LogP contribution is 2.25. The normalized spacial score (nSPS) is 21.2. The highest BCUT2D eigenvalue weighted by molar-refractivity contribution is 5.38. The van der Waals surface area contributed by atoms with Gasteiger partial charge in [-0.05, 0) is 27.2 Å². The molecular formula is C13H24N6O2. The number of nitrogens with two attached hydrogens (primary N) is 1. The van der Waals surface area contributed by atoms with Crippen LogP contribution in [0, 0.1) is 0 Å². The highest BCUT2D eigenvalue weighted by atomic mass is 16.5. The Kier molecular flexibility index (Phi) is 4.79. The van der Waals surface area contributed by atoms with E-state index >= 15 is 0 Å². The number of nitrogen functional groups attached to an aromatic ring is 1. The average Bonchev–Trinajstić information content (AvgIpc) is 2.42. The summed E-state index contributed by atoms with van der Waals surface area (Å²) in [7, 11) is 0. The first-order valence-corrected chi connectivity index (χ1v) is 7.22. The smallest absolute Gasteiger partial charge is 0.323 e. The summed E-state index contributed by atoms with van der Waals surface area (Å²) in [6.07, 6.45) is 0.980. The van der Waals surface area contributed by atoms with Crippen molar-refractivity contribution in [2.45, 2.75) is 45.8 Å². The first kappa shape index (κ1) is 15.7. The van der Waals surface area contributed by atoms with Gasteiger partial charge in [0.25, 0.3) is 0 Å². The zero-order valence-electron chi connectivity index (χ0n) is 13.1. The molecule has 118 valence electrons. The van der Waals surface area contributed by atoms with Gasteiger partial charge in [-0.3, -0.25) is 5.43 Å². The molecule has 3 N–H and O–H groups in total. The maximum atomic E-state index is 5.89. The van der Waals surface area contributed by atoms with Crippen LogP contribution in [-0.4, -0.2) is 46.4 Å². The number of anilines is 2. The van der Waals surface area contributed by atoms with Gasteiger partial charge in [0.2, 0.25) is 11.9 Å². The van der Waals surface area contributed by atoms with Gasteiger partial charge in [0.1, 0.15) is 0 Å². The molecule has 1 aromatic heterocycles. The summed E-state index contributed by atoms with van der Waals surface area (Å²) >= 11 is 0. The fraction of sp³-hybridized carbons (Fsp3) is 0.769. The Morgan fingerprint density at radius 3 is 2.81 bits per heavy atom. The van der Waals surface area contributed by atoms with E-state index in [4.69, 9.17) is 15.3 Å². The third-order valence-electron chi connectivity index (χ3n) is 3.02. The van der Waals surface area contributed by atoms with Crippen molar-refractivity contribution >= 4 is 11.9 Å². The molecule has 2 heterocycles. The number of hydrogen-bond donors (Lipinski definition) is 2. The maximum absolute atomic E-state index is 5.89. The van der Waals surface area contributed by atoms with Gasteiger partial charge >= 0.3 is 6.01 Å². The van der Waals surface area contributed by atoms with Crippen molar-refractivity contribution in [3.63, 3.8) is 0 Å². The maximum Gasteiger partial charge on any atom is 0.323 e. The molecule has 0 aliphatic carbocycles. The first-order chi connectivity index (χ1) is 9.93. The Balaban J connectivity index is 2.24. The van der Waals surface area contributed by atoms with Gasteiger partial charge in [-0.15, -0.1) is 0 Å². The molecule has 1 aromatic rings. The quantitative estimate of drug-likeness (QED) is 0.612. The Hall–Kier alpha value is -1.67. The molecule has 1 saturated heterocycles. The molecule has 1 aliphatic heterocycles. The zero-order valence-corrected chi connectivity index (χ0v) is 13.1. The molecule has 0 spiro atoms. The van der Waals surface area contributed by atoms with Crippen molar-refractivity contribution in [1.29, 1.82) is 0 Å². The molecule has 1 fully saturated rings. The topological polar surface area (TPSA) is 98.4 Å². The highest BCUT2D eigenvalue weighted by Gasteiger charge is 2.33. The number of nitrogens with zero attached hydrogens (tertiary/aromatic N) is 4. The minimum absolute atomic E-state index is 0.0970. The predicted molar refractivity (Wildman–Crippen MR) is 80.3 cm³/mol. The first-order valence-electron chi connectivity index (χ1n) is 7.22. The van der Waals surface area contributed by atoms with E-state index in [1.54, 1.807) is 0 Å². The van der Waals surface area contributed by atoms with Crippen LogP contribution in [0.4, 0.5) is 11.9 Å². The largest absolute Gasteiger partial charge is 0.463 e. The molecule has 0 amide bonds. The summed E-state index contributed by atoms with van der Waals surface area (Å²) in [4.78, 5) is 14.9. The fourth-order valence-electron chi connectivity index (χ4n) is 2.42. The number of nitrogens with one attached hydrogen (secondary N) is 1. The Bertz CT molecular complexity index is 482. The molecule has 8 nitrogen and oxygen atoms in total. The van der Waals surface area contributed by atoms with Crippen LogP contribution in [0.15, 0.2) is 0 Å². The molecule has 0 radical (unpaired) electrons. The molecule has 1 unspecified atom stereocenters. The summed E-state index contributed by atoms with van der Waals surface area (Å²) in [6, 6.07) is 0.284. The second kappa shape index (κ2) is 6.40. The van der Waals surface area contributed by atoms with Crippen LogP contribution in [0.25, 0.3) is 0 Å². The third kappa shape index (κ3) is 4.15. The van der Waals surface area contributed by atoms with Crippen molar-refractivity contribution in [1.82, 2.24) is 15.0 Å². The van der Waals surface area contributed by atoms with Crippen LogP contribution in [0.3, 0.4) is 0 Å². The van der Waals surface area contributed by atoms with Gasteiger partial charge < -0.3 is 14.4 Å². The van der Waals surface area contributed by atoms with E-state index in [9.17, 15) is 0 Å². The molecule has 1 atom stereocenters. The van der Waals surface area contributed by atoms with Gasteiger partial charge in [-0.1, -0.05) is 6.92 Å². The predicted octanol–water partition coefficient (Wildman–Crippen LogP) is 0.950. The summed E-state index contributed by atoms with van der Waals surface area (Å²) in [5.74, 6) is 6.27. The minimum Gasteiger partial charge on any atom is -0.463 e. The average molecular weight is 296 g/mol. The van der Waals surface area contributed by atoms with E-state index in [1.807, 2.05) is 27.7 Å². The molecule has 0 bridgehead atoms. The van der Waals surface area contributed by atoms with Crippen LogP contribution >= 0.6 is 0 Å². The van der Waals surface area contributed by atoms with Gasteiger partial charge in [0.05, 0.1) is 18.3 Å². The van der Waals surface area contributed by atoms with E-state index < -0.39 is 0 Å². The van der Waals surface area contributed by atoms with Gasteiger partial charge in [-0.2, -0.15) is 15.0 Å². The summed E-state index contributed by atoms with van der Waals surface area (Å²) in [5, 5.41) is 0. The van der Waals surface area contributed by atoms with Gasteiger partial charge in [0.15, 0.2) is 0 Å². The lowest BCUT2D eigenvalue weighted by Gasteiger charge is -2.41. The van der Waals surface area contributed by atoms with Gasteiger partial charge in [0, 0.05) is 13.1 Å². The van der Waals surface area contributed by atoms with E-state index in [-0.39, 0.29) is 17.7 Å². The number of rotatable bonds is 5. The van der Waals surface area contributed by atoms with E-state index in [0.29, 0.717) is 31.6 Å². The van der Waals surface area contributed by atoms with Crippen molar-refractivity contribution in [2.75, 3.05) is 30.0 Å². The third-order valence-corrected chi connectivity index (χ3v) is 3.02. The number of ether oxygens (including phenoxy) is 2. The lowest BCUT2D eigenvalue weighted by Crippen LogP contribution is -2.52. The minimum atomic E-state index is -0.259.